The van der Waals surface area contributed by atoms with Gasteiger partial charge in [-0.2, -0.15) is 0 Å². The topological polar surface area (TPSA) is 66.0 Å². The van der Waals surface area contributed by atoms with E-state index in [1.54, 1.807) is 32.4 Å². The summed E-state index contributed by atoms with van der Waals surface area (Å²) < 4.78 is 21.2. The lowest BCUT2D eigenvalue weighted by Gasteiger charge is -2.16. The molecule has 25 heavy (non-hydrogen) atoms. The molecule has 6 nitrogen and oxygen atoms in total. The lowest BCUT2D eigenvalue weighted by atomic mass is 10.1. The van der Waals surface area contributed by atoms with Crippen LogP contribution in [-0.4, -0.2) is 39.9 Å². The minimum absolute atomic E-state index is 0.164. The summed E-state index contributed by atoms with van der Waals surface area (Å²) in [5.41, 5.74) is 0.494. The Morgan fingerprint density at radius 1 is 0.920 bits per heavy atom. The van der Waals surface area contributed by atoms with E-state index in [1.807, 2.05) is 31.2 Å². The Morgan fingerprint density at radius 2 is 1.56 bits per heavy atom. The fraction of sp³-hybridized carbons (Fsp3) is 0.316. The third kappa shape index (κ3) is 5.04. The Hall–Kier alpha value is -2.89. The molecule has 0 heterocycles. The first kappa shape index (κ1) is 18.4. The molecule has 0 aromatic heterocycles. The van der Waals surface area contributed by atoms with E-state index in [9.17, 15) is 4.79 Å². The van der Waals surface area contributed by atoms with Gasteiger partial charge in [-0.05, 0) is 49.4 Å². The number of hydrogen-bond acceptors (Lipinski definition) is 5. The molecule has 0 spiro atoms. The molecule has 1 amide bonds. The number of amides is 1. The first-order valence-electron chi connectivity index (χ1n) is 7.87. The predicted molar refractivity (Wildman–Crippen MR) is 95.0 cm³/mol. The fourth-order valence-corrected chi connectivity index (χ4v) is 2.22. The van der Waals surface area contributed by atoms with Crippen molar-refractivity contribution in [2.75, 3.05) is 27.9 Å². The SMILES string of the molecule is COc1ccc(OC[C@H](C)NC(=O)c2ccc(OC)c(OC)c2)cc1. The highest BCUT2D eigenvalue weighted by molar-refractivity contribution is 5.95. The summed E-state index contributed by atoms with van der Waals surface area (Å²) in [6.45, 7) is 2.23. The molecule has 1 atom stereocenters. The normalized spacial score (nSPS) is 11.4. The number of carbonyl (C=O) groups is 1. The van der Waals surface area contributed by atoms with E-state index < -0.39 is 0 Å². The standard InChI is InChI=1S/C19H23NO5/c1-13(12-25-16-8-6-15(22-2)7-9-16)20-19(21)14-5-10-17(23-3)18(11-14)24-4/h5-11,13H,12H2,1-4H3,(H,20,21)/t13-/m0/s1. The third-order valence-electron chi connectivity index (χ3n) is 3.58. The van der Waals surface area contributed by atoms with Gasteiger partial charge < -0.3 is 24.3 Å². The minimum atomic E-state index is -0.202. The number of carbonyl (C=O) groups excluding carboxylic acids is 1. The molecule has 6 heteroatoms. The molecule has 0 saturated heterocycles. The van der Waals surface area contributed by atoms with Gasteiger partial charge in [0.05, 0.1) is 27.4 Å². The van der Waals surface area contributed by atoms with Gasteiger partial charge in [-0.1, -0.05) is 0 Å². The highest BCUT2D eigenvalue weighted by Gasteiger charge is 2.13. The van der Waals surface area contributed by atoms with Crippen LogP contribution in [0.5, 0.6) is 23.0 Å². The summed E-state index contributed by atoms with van der Waals surface area (Å²) in [7, 11) is 4.70. The molecular weight excluding hydrogens is 322 g/mol. The van der Waals surface area contributed by atoms with Crippen LogP contribution in [-0.2, 0) is 0 Å². The zero-order valence-corrected chi connectivity index (χ0v) is 14.9. The van der Waals surface area contributed by atoms with E-state index in [1.165, 1.54) is 7.11 Å². The summed E-state index contributed by atoms with van der Waals surface area (Å²) >= 11 is 0. The van der Waals surface area contributed by atoms with Crippen LogP contribution in [0.25, 0.3) is 0 Å². The third-order valence-corrected chi connectivity index (χ3v) is 3.58. The van der Waals surface area contributed by atoms with Crippen molar-refractivity contribution in [1.29, 1.82) is 0 Å². The molecule has 1 N–H and O–H groups in total. The largest absolute Gasteiger partial charge is 0.497 e. The second kappa shape index (κ2) is 8.82. The van der Waals surface area contributed by atoms with Crippen LogP contribution in [0.4, 0.5) is 0 Å². The molecule has 0 saturated carbocycles. The number of nitrogens with one attached hydrogen (secondary N) is 1. The van der Waals surface area contributed by atoms with Crippen LogP contribution >= 0.6 is 0 Å². The summed E-state index contributed by atoms with van der Waals surface area (Å²) in [5, 5.41) is 2.89. The van der Waals surface area contributed by atoms with Crippen molar-refractivity contribution in [1.82, 2.24) is 5.32 Å². The van der Waals surface area contributed by atoms with Crippen LogP contribution in [0, 0.1) is 0 Å². The molecule has 0 fully saturated rings. The van der Waals surface area contributed by atoms with Gasteiger partial charge in [0.1, 0.15) is 18.1 Å². The van der Waals surface area contributed by atoms with E-state index in [2.05, 4.69) is 5.32 Å². The Bertz CT molecular complexity index is 699. The zero-order chi connectivity index (χ0) is 18.2. The quantitative estimate of drug-likeness (QED) is 0.797. The van der Waals surface area contributed by atoms with E-state index in [0.29, 0.717) is 29.4 Å². The Balaban J connectivity index is 1.90. The Morgan fingerprint density at radius 3 is 2.16 bits per heavy atom. The second-order valence-electron chi connectivity index (χ2n) is 5.43. The van der Waals surface area contributed by atoms with Gasteiger partial charge in [0.15, 0.2) is 11.5 Å². The summed E-state index contributed by atoms with van der Waals surface area (Å²) in [6, 6.07) is 12.2. The summed E-state index contributed by atoms with van der Waals surface area (Å²) in [6.07, 6.45) is 0. The lowest BCUT2D eigenvalue weighted by Crippen LogP contribution is -2.36. The van der Waals surface area contributed by atoms with E-state index in [4.69, 9.17) is 18.9 Å². The summed E-state index contributed by atoms with van der Waals surface area (Å²) in [4.78, 5) is 12.3. The molecule has 2 aromatic rings. The van der Waals surface area contributed by atoms with Crippen molar-refractivity contribution in [2.45, 2.75) is 13.0 Å². The van der Waals surface area contributed by atoms with Gasteiger partial charge in [-0.3, -0.25) is 4.79 Å². The van der Waals surface area contributed by atoms with Crippen LogP contribution < -0.4 is 24.3 Å². The monoisotopic (exact) mass is 345 g/mol. The number of methoxy groups -OCH3 is 3. The van der Waals surface area contributed by atoms with Gasteiger partial charge in [0.25, 0.3) is 5.91 Å². The van der Waals surface area contributed by atoms with Gasteiger partial charge in [0.2, 0.25) is 0 Å². The van der Waals surface area contributed by atoms with Crippen LogP contribution in [0.2, 0.25) is 0 Å². The van der Waals surface area contributed by atoms with Crippen molar-refractivity contribution < 1.29 is 23.7 Å². The van der Waals surface area contributed by atoms with Gasteiger partial charge in [-0.25, -0.2) is 0 Å². The average Bonchev–Trinajstić information content (AvgIpc) is 2.66. The van der Waals surface area contributed by atoms with E-state index in [-0.39, 0.29) is 11.9 Å². The molecule has 134 valence electrons. The van der Waals surface area contributed by atoms with E-state index >= 15 is 0 Å². The fourth-order valence-electron chi connectivity index (χ4n) is 2.22. The molecule has 0 aliphatic rings. The Labute approximate surface area is 147 Å². The highest BCUT2D eigenvalue weighted by Crippen LogP contribution is 2.27. The number of hydrogen-bond donors (Lipinski definition) is 1. The maximum atomic E-state index is 12.3. The van der Waals surface area contributed by atoms with Crippen molar-refractivity contribution >= 4 is 5.91 Å². The van der Waals surface area contributed by atoms with E-state index in [0.717, 1.165) is 5.75 Å². The maximum Gasteiger partial charge on any atom is 0.251 e. The molecule has 0 aliphatic heterocycles. The van der Waals surface area contributed by atoms with Crippen molar-refractivity contribution in [3.05, 3.63) is 48.0 Å². The minimum Gasteiger partial charge on any atom is -0.497 e. The van der Waals surface area contributed by atoms with Crippen molar-refractivity contribution in [3.63, 3.8) is 0 Å². The zero-order valence-electron chi connectivity index (χ0n) is 14.9. The predicted octanol–water partition coefficient (Wildman–Crippen LogP) is 2.91. The maximum absolute atomic E-state index is 12.3. The lowest BCUT2D eigenvalue weighted by molar-refractivity contribution is 0.0926. The van der Waals surface area contributed by atoms with Gasteiger partial charge >= 0.3 is 0 Å². The molecule has 2 rings (SSSR count). The van der Waals surface area contributed by atoms with Crippen LogP contribution in [0.3, 0.4) is 0 Å². The first-order chi connectivity index (χ1) is 12.1. The van der Waals surface area contributed by atoms with Crippen LogP contribution in [0.15, 0.2) is 42.5 Å². The average molecular weight is 345 g/mol. The Kier molecular flexibility index (Phi) is 6.51. The van der Waals surface area contributed by atoms with Crippen molar-refractivity contribution in [3.8, 4) is 23.0 Å². The summed E-state index contributed by atoms with van der Waals surface area (Å²) in [5.74, 6) is 2.37. The number of rotatable bonds is 8. The highest BCUT2D eigenvalue weighted by atomic mass is 16.5. The van der Waals surface area contributed by atoms with Crippen molar-refractivity contribution in [2.24, 2.45) is 0 Å². The second-order valence-corrected chi connectivity index (χ2v) is 5.43. The number of benzene rings is 2. The first-order valence-corrected chi connectivity index (χ1v) is 7.87. The number of ether oxygens (including phenoxy) is 4. The molecule has 0 radical (unpaired) electrons. The molecule has 0 aliphatic carbocycles. The molecule has 2 aromatic carbocycles. The molecular formula is C19H23NO5. The van der Waals surface area contributed by atoms with Crippen LogP contribution in [0.1, 0.15) is 17.3 Å². The molecule has 0 unspecified atom stereocenters. The van der Waals surface area contributed by atoms with Gasteiger partial charge in [0, 0.05) is 5.56 Å². The smallest absolute Gasteiger partial charge is 0.251 e. The molecule has 0 bridgehead atoms. The van der Waals surface area contributed by atoms with Gasteiger partial charge in [-0.15, -0.1) is 0 Å².